The van der Waals surface area contributed by atoms with Crippen LogP contribution in [0, 0.1) is 0 Å². The number of hydrogen-bond donors (Lipinski definition) is 1. The molecule has 0 atom stereocenters. The number of sulfonamides is 1. The van der Waals surface area contributed by atoms with Crippen molar-refractivity contribution >= 4 is 10.0 Å². The van der Waals surface area contributed by atoms with E-state index in [0.29, 0.717) is 18.1 Å². The summed E-state index contributed by atoms with van der Waals surface area (Å²) in [6.07, 6.45) is 1.56. The summed E-state index contributed by atoms with van der Waals surface area (Å²) in [5.74, 6) is 0.608. The molecule has 0 fully saturated rings. The lowest BCUT2D eigenvalue weighted by Crippen LogP contribution is -2.25. The summed E-state index contributed by atoms with van der Waals surface area (Å²) < 4.78 is 68.2. The maximum absolute atomic E-state index is 12.8. The number of fused-ring (bicyclic) bond motifs is 1. The monoisotopic (exact) mass is 399 g/mol. The second-order valence-electron chi connectivity index (χ2n) is 5.87. The first-order valence-corrected chi connectivity index (χ1v) is 9.75. The number of rotatable bonds is 7. The van der Waals surface area contributed by atoms with Crippen LogP contribution in [0.4, 0.5) is 8.78 Å². The molecule has 146 valence electrons. The minimum absolute atomic E-state index is 0.0268. The van der Waals surface area contributed by atoms with Crippen molar-refractivity contribution < 1.29 is 31.4 Å². The van der Waals surface area contributed by atoms with Crippen LogP contribution < -0.4 is 18.9 Å². The molecule has 27 heavy (non-hydrogen) atoms. The Kier molecular flexibility index (Phi) is 5.81. The first-order valence-electron chi connectivity index (χ1n) is 8.27. The van der Waals surface area contributed by atoms with Gasteiger partial charge in [-0.15, -0.1) is 0 Å². The number of ether oxygens (including phenoxy) is 3. The van der Waals surface area contributed by atoms with Crippen LogP contribution in [-0.4, -0.2) is 28.7 Å². The van der Waals surface area contributed by atoms with E-state index in [1.54, 1.807) is 6.07 Å². The highest BCUT2D eigenvalue weighted by Gasteiger charge is 2.24. The van der Waals surface area contributed by atoms with Gasteiger partial charge >= 0.3 is 6.61 Å². The summed E-state index contributed by atoms with van der Waals surface area (Å²) in [5.41, 5.74) is 1.05. The molecular formula is C18H19F2NO5S. The van der Waals surface area contributed by atoms with E-state index in [-0.39, 0.29) is 22.8 Å². The molecule has 0 unspecified atom stereocenters. The highest BCUT2D eigenvalue weighted by atomic mass is 32.2. The van der Waals surface area contributed by atoms with Gasteiger partial charge in [-0.25, -0.2) is 13.1 Å². The molecule has 0 saturated carbocycles. The molecule has 0 bridgehead atoms. The Morgan fingerprint density at radius 1 is 1.26 bits per heavy atom. The highest BCUT2D eigenvalue weighted by molar-refractivity contribution is 7.89. The van der Waals surface area contributed by atoms with E-state index in [4.69, 9.17) is 9.47 Å². The van der Waals surface area contributed by atoms with Crippen molar-refractivity contribution in [3.05, 3.63) is 47.5 Å². The molecule has 0 radical (unpaired) electrons. The number of para-hydroxylation sites is 1. The third-order valence-corrected chi connectivity index (χ3v) is 5.55. The van der Waals surface area contributed by atoms with Crippen LogP contribution in [0.2, 0.25) is 0 Å². The van der Waals surface area contributed by atoms with Crippen molar-refractivity contribution in [1.82, 2.24) is 4.72 Å². The van der Waals surface area contributed by atoms with E-state index in [2.05, 4.69) is 9.46 Å². The van der Waals surface area contributed by atoms with Crippen LogP contribution in [0.15, 0.2) is 41.3 Å². The van der Waals surface area contributed by atoms with Crippen molar-refractivity contribution in [1.29, 1.82) is 0 Å². The number of alkyl halides is 2. The number of methoxy groups -OCH3 is 1. The summed E-state index contributed by atoms with van der Waals surface area (Å²) >= 11 is 0. The Labute approximate surface area is 156 Å². The SMILES string of the molecule is COc1ccc(OC(F)F)c(CNS(=O)(=O)c2cccc3c2OCCC3)c1. The zero-order valence-electron chi connectivity index (χ0n) is 14.6. The van der Waals surface area contributed by atoms with Crippen molar-refractivity contribution in [3.8, 4) is 17.2 Å². The van der Waals surface area contributed by atoms with Gasteiger partial charge in [-0.3, -0.25) is 0 Å². The summed E-state index contributed by atoms with van der Waals surface area (Å²) in [4.78, 5) is 0.0268. The van der Waals surface area contributed by atoms with Crippen LogP contribution in [-0.2, 0) is 23.0 Å². The Hall–Kier alpha value is -2.39. The van der Waals surface area contributed by atoms with Gasteiger partial charge in [0, 0.05) is 12.1 Å². The van der Waals surface area contributed by atoms with Gasteiger partial charge in [0.1, 0.15) is 22.1 Å². The molecule has 9 heteroatoms. The molecule has 1 heterocycles. The molecule has 0 aliphatic carbocycles. The van der Waals surface area contributed by atoms with Gasteiger partial charge in [0.2, 0.25) is 10.0 Å². The van der Waals surface area contributed by atoms with Gasteiger partial charge in [0.25, 0.3) is 0 Å². The standard InChI is InChI=1S/C18H19F2NO5S/c1-24-14-7-8-15(26-18(19)20)13(10-14)11-21-27(22,23)16-6-2-4-12-5-3-9-25-17(12)16/h2,4,6-8,10,18,21H,3,5,9,11H2,1H3. The summed E-state index contributed by atoms with van der Waals surface area (Å²) in [6.45, 7) is -2.82. The molecule has 0 aromatic heterocycles. The van der Waals surface area contributed by atoms with E-state index in [1.807, 2.05) is 6.07 Å². The minimum Gasteiger partial charge on any atom is -0.497 e. The predicted molar refractivity (Wildman–Crippen MR) is 93.9 cm³/mol. The topological polar surface area (TPSA) is 73.9 Å². The zero-order valence-corrected chi connectivity index (χ0v) is 15.4. The number of benzene rings is 2. The first-order chi connectivity index (χ1) is 12.9. The number of hydrogen-bond acceptors (Lipinski definition) is 5. The van der Waals surface area contributed by atoms with Crippen LogP contribution in [0.3, 0.4) is 0 Å². The molecular weight excluding hydrogens is 380 g/mol. The van der Waals surface area contributed by atoms with Crippen LogP contribution in [0.5, 0.6) is 17.2 Å². The second kappa shape index (κ2) is 8.10. The minimum atomic E-state index is -3.92. The maximum Gasteiger partial charge on any atom is 0.387 e. The van der Waals surface area contributed by atoms with Gasteiger partial charge < -0.3 is 14.2 Å². The van der Waals surface area contributed by atoms with Crippen molar-refractivity contribution in [2.45, 2.75) is 30.9 Å². The molecule has 0 saturated heterocycles. The van der Waals surface area contributed by atoms with E-state index in [0.717, 1.165) is 18.4 Å². The van der Waals surface area contributed by atoms with Crippen LogP contribution in [0.25, 0.3) is 0 Å². The van der Waals surface area contributed by atoms with Crippen LogP contribution in [0.1, 0.15) is 17.5 Å². The lowest BCUT2D eigenvalue weighted by Gasteiger charge is -2.20. The zero-order chi connectivity index (χ0) is 19.4. The number of halogens is 2. The van der Waals surface area contributed by atoms with Gasteiger partial charge in [-0.05, 0) is 42.7 Å². The molecule has 6 nitrogen and oxygen atoms in total. The molecule has 0 spiro atoms. The Morgan fingerprint density at radius 3 is 2.81 bits per heavy atom. The largest absolute Gasteiger partial charge is 0.497 e. The van der Waals surface area contributed by atoms with E-state index >= 15 is 0 Å². The Morgan fingerprint density at radius 2 is 2.07 bits per heavy atom. The fraction of sp³-hybridized carbons (Fsp3) is 0.333. The molecule has 1 aliphatic heterocycles. The Balaban J connectivity index is 1.86. The van der Waals surface area contributed by atoms with Gasteiger partial charge in [-0.1, -0.05) is 12.1 Å². The molecule has 1 N–H and O–H groups in total. The normalized spacial score (nSPS) is 13.8. The third kappa shape index (κ3) is 4.48. The average molecular weight is 399 g/mol. The molecule has 0 amide bonds. The highest BCUT2D eigenvalue weighted by Crippen LogP contribution is 2.32. The Bertz CT molecular complexity index is 918. The number of nitrogens with one attached hydrogen (secondary N) is 1. The maximum atomic E-state index is 12.8. The third-order valence-electron chi connectivity index (χ3n) is 4.12. The van der Waals surface area contributed by atoms with Crippen molar-refractivity contribution in [3.63, 3.8) is 0 Å². The second-order valence-corrected chi connectivity index (χ2v) is 7.61. The van der Waals surface area contributed by atoms with Gasteiger partial charge in [0.05, 0.1) is 13.7 Å². The quantitative estimate of drug-likeness (QED) is 0.775. The van der Waals surface area contributed by atoms with E-state index in [1.165, 1.54) is 31.4 Å². The van der Waals surface area contributed by atoms with Gasteiger partial charge in [-0.2, -0.15) is 8.78 Å². The van der Waals surface area contributed by atoms with Crippen LogP contribution >= 0.6 is 0 Å². The fourth-order valence-corrected chi connectivity index (χ4v) is 4.05. The van der Waals surface area contributed by atoms with E-state index in [9.17, 15) is 17.2 Å². The fourth-order valence-electron chi connectivity index (χ4n) is 2.85. The van der Waals surface area contributed by atoms with Crippen molar-refractivity contribution in [2.75, 3.05) is 13.7 Å². The first kappa shape index (κ1) is 19.4. The van der Waals surface area contributed by atoms with E-state index < -0.39 is 16.6 Å². The lowest BCUT2D eigenvalue weighted by molar-refractivity contribution is -0.0504. The summed E-state index contributed by atoms with van der Waals surface area (Å²) in [7, 11) is -2.50. The molecule has 1 aliphatic rings. The summed E-state index contributed by atoms with van der Waals surface area (Å²) in [6, 6.07) is 9.13. The predicted octanol–water partition coefficient (Wildman–Crippen LogP) is 3.10. The lowest BCUT2D eigenvalue weighted by atomic mass is 10.1. The van der Waals surface area contributed by atoms with Crippen molar-refractivity contribution in [2.24, 2.45) is 0 Å². The number of aryl methyl sites for hydroxylation is 1. The summed E-state index contributed by atoms with van der Waals surface area (Å²) in [5, 5.41) is 0. The average Bonchev–Trinajstić information content (AvgIpc) is 2.66. The molecule has 2 aromatic carbocycles. The molecule has 2 aromatic rings. The smallest absolute Gasteiger partial charge is 0.387 e. The molecule has 3 rings (SSSR count). The van der Waals surface area contributed by atoms with Gasteiger partial charge in [0.15, 0.2) is 0 Å².